The highest BCUT2D eigenvalue weighted by Crippen LogP contribution is 2.22. The molecule has 3 aromatic carbocycles. The maximum atomic E-state index is 12.7. The third-order valence-electron chi connectivity index (χ3n) is 5.50. The minimum absolute atomic E-state index is 0.0408. The third-order valence-corrected chi connectivity index (χ3v) is 5.50. The minimum atomic E-state index is -1.21. The van der Waals surface area contributed by atoms with E-state index in [2.05, 4.69) is 15.6 Å². The Morgan fingerprint density at radius 3 is 2.43 bits per heavy atom. The number of hydrogen-bond acceptors (Lipinski definition) is 4. The van der Waals surface area contributed by atoms with E-state index >= 15 is 0 Å². The predicted molar refractivity (Wildman–Crippen MR) is 135 cm³/mol. The lowest BCUT2D eigenvalue weighted by Gasteiger charge is -2.11. The van der Waals surface area contributed by atoms with Crippen LogP contribution in [0.4, 0.5) is 5.69 Å². The van der Waals surface area contributed by atoms with Crippen molar-refractivity contribution in [3.05, 3.63) is 114 Å². The quantitative estimate of drug-likeness (QED) is 0.336. The fraction of sp³-hybridized carbons (Fsp3) is 0.0714. The number of benzene rings is 3. The summed E-state index contributed by atoms with van der Waals surface area (Å²) >= 11 is 0. The number of hydrogen-bond donors (Lipinski definition) is 3. The Bertz CT molecular complexity index is 1450. The summed E-state index contributed by atoms with van der Waals surface area (Å²) in [5.41, 5.74) is 2.57. The summed E-state index contributed by atoms with van der Waals surface area (Å²) < 4.78 is 0. The molecule has 4 rings (SSSR count). The van der Waals surface area contributed by atoms with Gasteiger partial charge in [-0.3, -0.25) is 14.6 Å². The van der Waals surface area contributed by atoms with Gasteiger partial charge in [0.15, 0.2) is 0 Å². The number of nitrogens with one attached hydrogen (secondary N) is 2. The van der Waals surface area contributed by atoms with Crippen LogP contribution >= 0.6 is 0 Å². The lowest BCUT2D eigenvalue weighted by atomic mass is 10.0. The maximum Gasteiger partial charge on any atom is 0.337 e. The van der Waals surface area contributed by atoms with E-state index in [1.54, 1.807) is 18.5 Å². The van der Waals surface area contributed by atoms with Gasteiger partial charge in [-0.1, -0.05) is 42.5 Å². The molecule has 35 heavy (non-hydrogen) atoms. The topological polar surface area (TPSA) is 108 Å². The number of carboxylic acid groups (broad SMARTS) is 1. The fourth-order valence-electron chi connectivity index (χ4n) is 3.65. The van der Waals surface area contributed by atoms with Crippen LogP contribution in [-0.2, 0) is 11.3 Å². The highest BCUT2D eigenvalue weighted by Gasteiger charge is 2.16. The van der Waals surface area contributed by atoms with E-state index in [0.29, 0.717) is 0 Å². The summed E-state index contributed by atoms with van der Waals surface area (Å²) in [7, 11) is 0. The molecule has 0 bridgehead atoms. The number of amides is 2. The molecule has 0 fully saturated rings. The van der Waals surface area contributed by atoms with Crippen LogP contribution in [0.5, 0.6) is 0 Å². The molecule has 1 aromatic heterocycles. The van der Waals surface area contributed by atoms with Gasteiger partial charge in [-0.15, -0.1) is 0 Å². The Kier molecular flexibility index (Phi) is 6.97. The average molecular weight is 466 g/mol. The molecule has 0 saturated heterocycles. The number of aromatic carboxylic acids is 1. The molecule has 0 saturated carbocycles. The maximum absolute atomic E-state index is 12.7. The van der Waals surface area contributed by atoms with E-state index in [9.17, 15) is 19.5 Å². The number of carbonyl (C=O) groups is 3. The summed E-state index contributed by atoms with van der Waals surface area (Å²) in [5, 5.41) is 17.1. The number of fused-ring (bicyclic) bond motifs is 1. The fourth-order valence-corrected chi connectivity index (χ4v) is 3.65. The number of carboxylic acids is 1. The van der Waals surface area contributed by atoms with Gasteiger partial charge < -0.3 is 15.7 Å². The molecular formula is C28H23N3O4. The van der Waals surface area contributed by atoms with Gasteiger partial charge in [0.25, 0.3) is 5.91 Å². The van der Waals surface area contributed by atoms with Crippen LogP contribution in [-0.4, -0.2) is 27.9 Å². The van der Waals surface area contributed by atoms with Gasteiger partial charge >= 0.3 is 5.97 Å². The highest BCUT2D eigenvalue weighted by atomic mass is 16.4. The van der Waals surface area contributed by atoms with Crippen LogP contribution in [0.25, 0.3) is 16.3 Å². The molecule has 0 aliphatic heterocycles. The van der Waals surface area contributed by atoms with Crippen molar-refractivity contribution >= 4 is 39.8 Å². The van der Waals surface area contributed by atoms with Crippen molar-refractivity contribution in [2.24, 2.45) is 0 Å². The number of nitrogens with zero attached hydrogens (tertiary/aromatic N) is 1. The summed E-state index contributed by atoms with van der Waals surface area (Å²) in [4.78, 5) is 41.0. The molecule has 4 aromatic rings. The first-order chi connectivity index (χ1) is 16.9. The third kappa shape index (κ3) is 5.78. The van der Waals surface area contributed by atoms with E-state index in [1.165, 1.54) is 24.3 Å². The highest BCUT2D eigenvalue weighted by molar-refractivity contribution is 6.08. The summed E-state index contributed by atoms with van der Waals surface area (Å²) in [6, 6.07) is 21.5. The van der Waals surface area contributed by atoms with Crippen molar-refractivity contribution in [1.29, 1.82) is 0 Å². The van der Waals surface area contributed by atoms with Crippen molar-refractivity contribution < 1.29 is 19.5 Å². The van der Waals surface area contributed by atoms with Crippen molar-refractivity contribution in [3.8, 4) is 0 Å². The molecule has 0 aliphatic rings. The second-order valence-corrected chi connectivity index (χ2v) is 7.99. The molecule has 7 nitrogen and oxygen atoms in total. The Morgan fingerprint density at radius 1 is 0.914 bits per heavy atom. The molecule has 0 atom stereocenters. The van der Waals surface area contributed by atoms with E-state index in [4.69, 9.17) is 0 Å². The largest absolute Gasteiger partial charge is 0.478 e. The second kappa shape index (κ2) is 10.4. The van der Waals surface area contributed by atoms with Crippen LogP contribution in [0.2, 0.25) is 0 Å². The molecular weight excluding hydrogens is 442 g/mol. The van der Waals surface area contributed by atoms with Gasteiger partial charge in [0.1, 0.15) is 0 Å². The van der Waals surface area contributed by atoms with Crippen LogP contribution < -0.4 is 10.6 Å². The number of carbonyl (C=O) groups excluding carboxylic acids is 2. The van der Waals surface area contributed by atoms with E-state index in [-0.39, 0.29) is 23.4 Å². The molecule has 0 aliphatic carbocycles. The average Bonchev–Trinajstić information content (AvgIpc) is 2.87. The van der Waals surface area contributed by atoms with Crippen molar-refractivity contribution in [2.45, 2.75) is 13.5 Å². The molecule has 0 spiro atoms. The number of allylic oxidation sites excluding steroid dienone is 1. The first-order valence-electron chi connectivity index (χ1n) is 10.9. The van der Waals surface area contributed by atoms with Gasteiger partial charge in [-0.2, -0.15) is 0 Å². The monoisotopic (exact) mass is 465 g/mol. The molecule has 7 heteroatoms. The Morgan fingerprint density at radius 2 is 1.69 bits per heavy atom. The van der Waals surface area contributed by atoms with Gasteiger partial charge in [0, 0.05) is 30.6 Å². The second-order valence-electron chi connectivity index (χ2n) is 7.99. The van der Waals surface area contributed by atoms with Gasteiger partial charge in [0.05, 0.1) is 11.3 Å². The van der Waals surface area contributed by atoms with Crippen LogP contribution in [0.15, 0.2) is 91.3 Å². The molecule has 1 heterocycles. The zero-order valence-electron chi connectivity index (χ0n) is 19.0. The first kappa shape index (κ1) is 23.4. The number of pyridine rings is 1. The van der Waals surface area contributed by atoms with Crippen molar-refractivity contribution in [1.82, 2.24) is 10.3 Å². The van der Waals surface area contributed by atoms with Crippen LogP contribution in [0.3, 0.4) is 0 Å². The molecule has 0 unspecified atom stereocenters. The van der Waals surface area contributed by atoms with Crippen LogP contribution in [0, 0.1) is 0 Å². The normalized spacial score (nSPS) is 11.2. The zero-order chi connectivity index (χ0) is 24.8. The number of anilines is 1. The molecule has 174 valence electrons. The Hall–Kier alpha value is -4.78. The first-order valence-corrected chi connectivity index (χ1v) is 10.9. The summed E-state index contributed by atoms with van der Waals surface area (Å²) in [6.07, 6.45) is 4.69. The molecule has 0 radical (unpaired) electrons. The molecule has 2 amide bonds. The Balaban J connectivity index is 1.52. The van der Waals surface area contributed by atoms with Gasteiger partial charge in [0.2, 0.25) is 5.91 Å². The number of rotatable bonds is 7. The van der Waals surface area contributed by atoms with Crippen molar-refractivity contribution in [3.63, 3.8) is 0 Å². The van der Waals surface area contributed by atoms with Gasteiger partial charge in [-0.25, -0.2) is 4.79 Å². The summed E-state index contributed by atoms with van der Waals surface area (Å²) in [5.74, 6) is -2.10. The SMILES string of the molecule is CC(=CC(=O)Nc1cc(C(=O)NCc2cccnc2)ccc1C(=O)O)c1ccc2ccccc2c1. The molecule has 3 N–H and O–H groups in total. The zero-order valence-corrected chi connectivity index (χ0v) is 19.0. The lowest BCUT2D eigenvalue weighted by molar-refractivity contribution is -0.111. The van der Waals surface area contributed by atoms with E-state index in [0.717, 1.165) is 27.5 Å². The van der Waals surface area contributed by atoms with Crippen molar-refractivity contribution in [2.75, 3.05) is 5.32 Å². The minimum Gasteiger partial charge on any atom is -0.478 e. The van der Waals surface area contributed by atoms with E-state index in [1.807, 2.05) is 55.5 Å². The summed E-state index contributed by atoms with van der Waals surface area (Å²) in [6.45, 7) is 2.08. The Labute approximate surface area is 202 Å². The standard InChI is InChI=1S/C28H23N3O4/c1-18(21-9-8-20-6-2-3-7-22(20)14-21)13-26(32)31-25-15-23(10-11-24(25)28(34)35)27(33)30-17-19-5-4-12-29-16-19/h2-16H,17H2,1H3,(H,30,33)(H,31,32)(H,34,35). The number of aromatic nitrogens is 1. The lowest BCUT2D eigenvalue weighted by Crippen LogP contribution is -2.23. The van der Waals surface area contributed by atoms with E-state index < -0.39 is 17.8 Å². The predicted octanol–water partition coefficient (Wildman–Crippen LogP) is 4.91. The van der Waals surface area contributed by atoms with Gasteiger partial charge in [-0.05, 0) is 64.7 Å². The smallest absolute Gasteiger partial charge is 0.337 e. The van der Waals surface area contributed by atoms with Crippen LogP contribution in [0.1, 0.15) is 38.8 Å².